The van der Waals surface area contributed by atoms with E-state index in [1.165, 1.54) is 6.08 Å². The Kier molecular flexibility index (Phi) is 4.02. The Hall–Kier alpha value is -2.28. The van der Waals surface area contributed by atoms with Crippen LogP contribution in [-0.4, -0.2) is 13.9 Å². The monoisotopic (exact) mass is 328 g/mol. The van der Waals surface area contributed by atoms with E-state index in [1.807, 2.05) is 0 Å². The number of alkyl halides is 3. The molecule has 0 spiro atoms. The molecule has 0 fully saturated rings. The maximum absolute atomic E-state index is 12.4. The number of halogens is 3. The van der Waals surface area contributed by atoms with Crippen LogP contribution < -0.4 is 0 Å². The molecule has 0 saturated carbocycles. The number of fused-ring (bicyclic) bond motifs is 1. The molecule has 0 bridgehead atoms. The van der Waals surface area contributed by atoms with Crippen LogP contribution in [0.3, 0.4) is 0 Å². The molecule has 0 radical (unpaired) electrons. The van der Waals surface area contributed by atoms with Crippen molar-refractivity contribution >= 4 is 32.7 Å². The van der Waals surface area contributed by atoms with Crippen LogP contribution in [0.4, 0.5) is 13.2 Å². The summed E-state index contributed by atoms with van der Waals surface area (Å²) < 4.78 is 63.7. The Labute approximate surface area is 125 Å². The van der Waals surface area contributed by atoms with E-state index in [9.17, 15) is 21.6 Å². The van der Waals surface area contributed by atoms with Crippen molar-refractivity contribution in [2.45, 2.75) is 5.51 Å². The first kappa shape index (κ1) is 16.1. The maximum Gasteiger partial charge on any atom is 0.534 e. The van der Waals surface area contributed by atoms with Gasteiger partial charge in [0.25, 0.3) is 0 Å². The van der Waals surface area contributed by atoms with Crippen LogP contribution in [0.2, 0.25) is 0 Å². The van der Waals surface area contributed by atoms with E-state index < -0.39 is 21.4 Å². The summed E-state index contributed by atoms with van der Waals surface area (Å²) in [4.78, 5) is 0. The molecule has 0 heterocycles. The van der Waals surface area contributed by atoms with Gasteiger partial charge in [-0.05, 0) is 16.3 Å². The summed E-state index contributed by atoms with van der Waals surface area (Å²) in [5, 5.41) is 1.22. The van der Waals surface area contributed by atoms with Crippen molar-refractivity contribution < 1.29 is 25.8 Å². The van der Waals surface area contributed by atoms with Crippen molar-refractivity contribution in [2.75, 3.05) is 0 Å². The van der Waals surface area contributed by atoms with Gasteiger partial charge in [-0.25, -0.2) is 0 Å². The van der Waals surface area contributed by atoms with Gasteiger partial charge in [0.05, 0.1) is 0 Å². The molecule has 2 rings (SSSR count). The predicted molar refractivity (Wildman–Crippen MR) is 79.1 cm³/mol. The number of hydrogen-bond acceptors (Lipinski definition) is 3. The lowest BCUT2D eigenvalue weighted by molar-refractivity contribution is -0.0509. The fourth-order valence-corrected chi connectivity index (χ4v) is 2.43. The molecule has 0 aliphatic rings. The molecule has 0 unspecified atom stereocenters. The van der Waals surface area contributed by atoms with E-state index in [4.69, 9.17) is 0 Å². The topological polar surface area (TPSA) is 43.4 Å². The predicted octanol–water partition coefficient (Wildman–Crippen LogP) is 4.32. The van der Waals surface area contributed by atoms with Crippen molar-refractivity contribution in [3.8, 4) is 0 Å². The molecule has 2 aromatic carbocycles. The highest BCUT2D eigenvalue weighted by molar-refractivity contribution is 7.87. The third-order valence-electron chi connectivity index (χ3n) is 2.95. The zero-order chi connectivity index (χ0) is 16.5. The number of hydrogen-bond donors (Lipinski definition) is 0. The molecule has 7 heteroatoms. The smallest absolute Gasteiger partial charge is 0.376 e. The van der Waals surface area contributed by atoms with E-state index in [2.05, 4.69) is 17.3 Å². The number of rotatable bonds is 4. The summed E-state index contributed by atoms with van der Waals surface area (Å²) in [6.45, 7) is 6.89. The number of benzene rings is 2. The largest absolute Gasteiger partial charge is 0.534 e. The second-order valence-corrected chi connectivity index (χ2v) is 5.90. The maximum atomic E-state index is 12.4. The van der Waals surface area contributed by atoms with E-state index in [1.54, 1.807) is 36.4 Å². The van der Waals surface area contributed by atoms with Crippen LogP contribution in [0.25, 0.3) is 22.6 Å². The van der Waals surface area contributed by atoms with Gasteiger partial charge < -0.3 is 4.18 Å². The fourth-order valence-electron chi connectivity index (χ4n) is 1.99. The molecule has 0 aliphatic heterocycles. The van der Waals surface area contributed by atoms with Gasteiger partial charge in [-0.15, -0.1) is 0 Å². The van der Waals surface area contributed by atoms with Gasteiger partial charge in [0.2, 0.25) is 0 Å². The Morgan fingerprint density at radius 3 is 2.36 bits per heavy atom. The standard InChI is InChI=1S/C15H11F3O3S/c1-3-11-8-9-12-6-4-5-7-13(12)14(11)10(2)21-22(19,20)15(16,17)18/h3-9H,1-2H2. The van der Waals surface area contributed by atoms with Crippen LogP contribution in [0, 0.1) is 0 Å². The first-order valence-corrected chi connectivity index (χ1v) is 7.42. The molecule has 116 valence electrons. The molecule has 0 aliphatic carbocycles. The van der Waals surface area contributed by atoms with Crippen molar-refractivity contribution in [3.05, 3.63) is 60.7 Å². The third-order valence-corrected chi connectivity index (χ3v) is 3.94. The normalized spacial score (nSPS) is 12.1. The van der Waals surface area contributed by atoms with Crippen LogP contribution in [0.15, 0.2) is 49.6 Å². The van der Waals surface area contributed by atoms with Gasteiger partial charge in [-0.3, -0.25) is 0 Å². The van der Waals surface area contributed by atoms with Gasteiger partial charge in [-0.2, -0.15) is 21.6 Å². The second-order valence-electron chi connectivity index (χ2n) is 4.36. The molecular formula is C15H11F3O3S. The molecule has 3 nitrogen and oxygen atoms in total. The Morgan fingerprint density at radius 1 is 1.14 bits per heavy atom. The lowest BCUT2D eigenvalue weighted by atomic mass is 9.98. The Balaban J connectivity index is 2.59. The van der Waals surface area contributed by atoms with Crippen molar-refractivity contribution in [3.63, 3.8) is 0 Å². The van der Waals surface area contributed by atoms with Crippen LogP contribution in [0.5, 0.6) is 0 Å². The van der Waals surface area contributed by atoms with Gasteiger partial charge in [0.15, 0.2) is 0 Å². The minimum Gasteiger partial charge on any atom is -0.376 e. The van der Waals surface area contributed by atoms with Crippen LogP contribution >= 0.6 is 0 Å². The van der Waals surface area contributed by atoms with Crippen LogP contribution in [-0.2, 0) is 14.3 Å². The summed E-state index contributed by atoms with van der Waals surface area (Å²) in [5.74, 6) is -0.607. The van der Waals surface area contributed by atoms with Crippen molar-refractivity contribution in [2.24, 2.45) is 0 Å². The van der Waals surface area contributed by atoms with Gasteiger partial charge >= 0.3 is 15.6 Å². The second kappa shape index (κ2) is 5.49. The highest BCUT2D eigenvalue weighted by Crippen LogP contribution is 2.34. The summed E-state index contributed by atoms with van der Waals surface area (Å²) in [5.41, 5.74) is -4.95. The third kappa shape index (κ3) is 2.85. The molecule has 0 atom stereocenters. The first-order chi connectivity index (χ1) is 10.2. The van der Waals surface area contributed by atoms with Crippen molar-refractivity contribution in [1.29, 1.82) is 0 Å². The summed E-state index contributed by atoms with van der Waals surface area (Å²) in [6, 6.07) is 10.1. The molecule has 0 amide bonds. The Morgan fingerprint density at radius 2 is 1.77 bits per heavy atom. The average Bonchev–Trinajstić information content (AvgIpc) is 2.44. The quantitative estimate of drug-likeness (QED) is 0.477. The summed E-state index contributed by atoms with van der Waals surface area (Å²) >= 11 is 0. The lowest BCUT2D eigenvalue weighted by Crippen LogP contribution is -2.25. The molecule has 0 N–H and O–H groups in total. The highest BCUT2D eigenvalue weighted by atomic mass is 32.2. The van der Waals surface area contributed by atoms with E-state index in [0.29, 0.717) is 16.3 Å². The SMILES string of the molecule is C=Cc1ccc2ccccc2c1C(=C)OS(=O)(=O)C(F)(F)F. The average molecular weight is 328 g/mol. The van der Waals surface area contributed by atoms with E-state index in [-0.39, 0.29) is 5.56 Å². The highest BCUT2D eigenvalue weighted by Gasteiger charge is 2.48. The lowest BCUT2D eigenvalue weighted by Gasteiger charge is -2.15. The van der Waals surface area contributed by atoms with Crippen molar-refractivity contribution in [1.82, 2.24) is 0 Å². The minimum absolute atomic E-state index is 0.154. The zero-order valence-electron chi connectivity index (χ0n) is 11.2. The first-order valence-electron chi connectivity index (χ1n) is 6.01. The van der Waals surface area contributed by atoms with Crippen LogP contribution in [0.1, 0.15) is 11.1 Å². The molecule has 0 aromatic heterocycles. The Bertz CT molecular complexity index is 852. The minimum atomic E-state index is -5.77. The van der Waals surface area contributed by atoms with Gasteiger partial charge in [0, 0.05) is 5.56 Å². The molecule has 22 heavy (non-hydrogen) atoms. The zero-order valence-corrected chi connectivity index (χ0v) is 12.0. The fraction of sp³-hybridized carbons (Fsp3) is 0.0667. The summed E-state index contributed by atoms with van der Waals surface area (Å²) in [6.07, 6.45) is 1.39. The molecule has 2 aromatic rings. The van der Waals surface area contributed by atoms with Gasteiger partial charge in [-0.1, -0.05) is 55.6 Å². The molecular weight excluding hydrogens is 317 g/mol. The summed E-state index contributed by atoms with van der Waals surface area (Å²) in [7, 11) is -5.77. The molecule has 0 saturated heterocycles. The van der Waals surface area contributed by atoms with Gasteiger partial charge in [0.1, 0.15) is 5.76 Å². The van der Waals surface area contributed by atoms with E-state index in [0.717, 1.165) is 0 Å². The van der Waals surface area contributed by atoms with E-state index >= 15 is 0 Å².